The maximum atomic E-state index is 13.0. The Morgan fingerprint density at radius 1 is 0.257 bits per heavy atom. The molecule has 18 heteroatoms. The van der Waals surface area contributed by atoms with Crippen LogP contribution in [0.25, 0.3) is 0 Å². The Labute approximate surface area is 689 Å². The topological polar surface area (TPSA) is 231 Å². The molecular weight excluding hydrogens is 1460 g/mol. The molecule has 16 nitrogen and oxygen atoms in total. The van der Waals surface area contributed by atoms with E-state index in [-0.39, 0.29) is 19.3 Å². The maximum Gasteiger partial charge on any atom is 0.472 e. The number of phosphoric ester groups is 2. The number of hydrogen-bond donors (Lipinski definition) is 4. The molecule has 0 spiro atoms. The number of carbonyl (C=O) groups is 3. The zero-order valence-electron chi connectivity index (χ0n) is 71.3. The van der Waals surface area contributed by atoms with Crippen LogP contribution >= 0.6 is 15.6 Å². The summed E-state index contributed by atoms with van der Waals surface area (Å²) >= 11 is 0. The first-order chi connectivity index (χ1) is 55.2. The number of esters is 3. The first-order valence-corrected chi connectivity index (χ1v) is 47.8. The number of unbranched alkanes of at least 4 members (excludes halogenated alkanes) is 35. The van der Waals surface area contributed by atoms with E-state index in [1.165, 1.54) is 135 Å². The largest absolute Gasteiger partial charge is 0.472 e. The van der Waals surface area contributed by atoms with Gasteiger partial charge in [-0.05, 0) is 148 Å². The summed E-state index contributed by atoms with van der Waals surface area (Å²) in [5, 5.41) is 20.7. The van der Waals surface area contributed by atoms with Gasteiger partial charge in [-0.2, -0.15) is 0 Å². The van der Waals surface area contributed by atoms with Gasteiger partial charge in [-0.3, -0.25) is 32.5 Å². The predicted molar refractivity (Wildman–Crippen MR) is 472 cm³/mol. The van der Waals surface area contributed by atoms with Gasteiger partial charge in [-0.25, -0.2) is 9.13 Å². The molecule has 0 aromatic heterocycles. The molecule has 0 bridgehead atoms. The molecule has 5 atom stereocenters. The van der Waals surface area contributed by atoms with E-state index in [1.54, 1.807) is 0 Å². The fourth-order valence-electron chi connectivity index (χ4n) is 12.0. The molecule has 0 aliphatic carbocycles. The Morgan fingerprint density at radius 3 is 0.743 bits per heavy atom. The summed E-state index contributed by atoms with van der Waals surface area (Å²) in [5.74, 6) is -1.59. The first kappa shape index (κ1) is 108. The molecule has 0 aromatic carbocycles. The summed E-state index contributed by atoms with van der Waals surface area (Å²) in [6.07, 6.45) is 110. The standard InChI is InChI=1S/C95H162O16P2/c1-4-7-10-13-16-19-22-25-28-31-33-35-37-39-41-43-44-46-48-49-51-53-55-58-60-63-66-69-72-75-78-81-93(98)105-84-90(96)85-107-112(101,102)108-86-91(97)87-109-113(103,104)110-89-92(111-95(100)83-80-77-74-71-68-65-62-57-30-27-24-21-18-15-12-9-6-3)88-106-94(99)82-79-76-73-70-67-64-61-59-56-54-52-50-47-45-42-40-38-36-34-32-29-26-23-20-17-14-11-8-5-2/h8-9,11-12,16-21,25-30,33-36,39-42,47,50,90-92,96-97H,4-7,10,13-15,22-24,31-32,37-38,43-46,48-49,51-89H2,1-3H3,(H,101,102)(H,103,104)/b11-8-,12-9-,19-16-,20-17-,21-18-,28-25-,29-26-,30-27-,35-33-,36-34-,41-39-,42-40-,50-47-. The second-order valence-electron chi connectivity index (χ2n) is 29.6. The van der Waals surface area contributed by atoms with E-state index in [4.69, 9.17) is 32.3 Å². The molecule has 0 saturated heterocycles. The number of hydrogen-bond acceptors (Lipinski definition) is 14. The van der Waals surface area contributed by atoms with Crippen LogP contribution in [0, 0.1) is 0 Å². The lowest BCUT2D eigenvalue weighted by Crippen LogP contribution is -2.30. The van der Waals surface area contributed by atoms with Crippen LogP contribution in [0.4, 0.5) is 0 Å². The molecule has 0 fully saturated rings. The summed E-state index contributed by atoms with van der Waals surface area (Å²) in [5.41, 5.74) is 0. The number of ether oxygens (including phenoxy) is 3. The molecule has 0 heterocycles. The Balaban J connectivity index is 4.54. The van der Waals surface area contributed by atoms with Gasteiger partial charge in [0.1, 0.15) is 25.4 Å². The van der Waals surface area contributed by atoms with E-state index >= 15 is 0 Å². The SMILES string of the molecule is CC/C=C\C/C=C\C/C=C\C/C=C\C/C=C\C/C=C\CCCCCCCCCCCCC(=O)OCC(COP(=O)(O)OCC(O)COP(=O)(O)OCC(O)COC(=O)CCCCCCCCCCCCCCCCC/C=C\C/C=C\C/C=C\C/C=C\CCCCC)OC(=O)CCCCCCCCC/C=C\C/C=C\C/C=C\CC. The van der Waals surface area contributed by atoms with Gasteiger partial charge in [0, 0.05) is 19.3 Å². The third-order valence-electron chi connectivity index (χ3n) is 18.7. The van der Waals surface area contributed by atoms with Gasteiger partial charge in [0.2, 0.25) is 0 Å². The van der Waals surface area contributed by atoms with Crippen LogP contribution in [0.3, 0.4) is 0 Å². The highest BCUT2D eigenvalue weighted by molar-refractivity contribution is 7.47. The van der Waals surface area contributed by atoms with Crippen molar-refractivity contribution in [3.05, 3.63) is 158 Å². The zero-order chi connectivity index (χ0) is 82.2. The van der Waals surface area contributed by atoms with E-state index in [0.717, 1.165) is 173 Å². The summed E-state index contributed by atoms with van der Waals surface area (Å²) in [7, 11) is -9.81. The number of rotatable bonds is 84. The van der Waals surface area contributed by atoms with E-state index in [0.29, 0.717) is 19.3 Å². The molecule has 0 radical (unpaired) electrons. The molecule has 0 aromatic rings. The highest BCUT2D eigenvalue weighted by Crippen LogP contribution is 2.45. The number of phosphoric acid groups is 2. The van der Waals surface area contributed by atoms with E-state index in [1.807, 2.05) is 0 Å². The minimum Gasteiger partial charge on any atom is -0.463 e. The van der Waals surface area contributed by atoms with Gasteiger partial charge in [0.05, 0.1) is 26.4 Å². The molecule has 4 N–H and O–H groups in total. The highest BCUT2D eigenvalue weighted by Gasteiger charge is 2.29. The van der Waals surface area contributed by atoms with Crippen molar-refractivity contribution in [1.82, 2.24) is 0 Å². The number of carbonyl (C=O) groups excluding carboxylic acids is 3. The van der Waals surface area contributed by atoms with Crippen LogP contribution in [0.1, 0.15) is 367 Å². The smallest absolute Gasteiger partial charge is 0.463 e. The van der Waals surface area contributed by atoms with Crippen molar-refractivity contribution >= 4 is 33.6 Å². The van der Waals surface area contributed by atoms with Gasteiger partial charge in [0.15, 0.2) is 6.10 Å². The minimum atomic E-state index is -4.94. The lowest BCUT2D eigenvalue weighted by molar-refractivity contribution is -0.161. The van der Waals surface area contributed by atoms with Gasteiger partial charge in [-0.15, -0.1) is 0 Å². The van der Waals surface area contributed by atoms with Crippen molar-refractivity contribution < 1.29 is 75.8 Å². The van der Waals surface area contributed by atoms with Crippen LogP contribution in [-0.4, -0.2) is 95.9 Å². The normalized spacial score (nSPS) is 14.6. The van der Waals surface area contributed by atoms with Crippen LogP contribution < -0.4 is 0 Å². The molecule has 0 amide bonds. The average Bonchev–Trinajstić information content (AvgIpc) is 0.897. The third-order valence-corrected chi connectivity index (χ3v) is 20.6. The predicted octanol–water partition coefficient (Wildman–Crippen LogP) is 27.3. The first-order valence-electron chi connectivity index (χ1n) is 44.8. The van der Waals surface area contributed by atoms with Crippen molar-refractivity contribution in [2.24, 2.45) is 0 Å². The van der Waals surface area contributed by atoms with Crippen molar-refractivity contribution in [1.29, 1.82) is 0 Å². The molecular formula is C95H162O16P2. The summed E-state index contributed by atoms with van der Waals surface area (Å²) in [4.78, 5) is 58.9. The molecule has 648 valence electrons. The van der Waals surface area contributed by atoms with Gasteiger partial charge >= 0.3 is 33.6 Å². The number of aliphatic hydroxyl groups is 2. The maximum absolute atomic E-state index is 13.0. The highest BCUT2D eigenvalue weighted by atomic mass is 31.2. The summed E-state index contributed by atoms with van der Waals surface area (Å²) in [6.45, 7) is 2.45. The van der Waals surface area contributed by atoms with Gasteiger partial charge in [0.25, 0.3) is 0 Å². The monoisotopic (exact) mass is 1620 g/mol. The van der Waals surface area contributed by atoms with E-state index in [9.17, 15) is 43.5 Å². The van der Waals surface area contributed by atoms with Crippen LogP contribution in [0.2, 0.25) is 0 Å². The minimum absolute atomic E-state index is 0.0887. The Bertz CT molecular complexity index is 2680. The fourth-order valence-corrected chi connectivity index (χ4v) is 13.6. The van der Waals surface area contributed by atoms with E-state index < -0.39 is 91.5 Å². The Hall–Kier alpha value is -4.83. The number of allylic oxidation sites excluding steroid dienone is 26. The van der Waals surface area contributed by atoms with Gasteiger partial charge in [-0.1, -0.05) is 359 Å². The second-order valence-corrected chi connectivity index (χ2v) is 32.5. The molecule has 0 aliphatic heterocycles. The van der Waals surface area contributed by atoms with Crippen LogP contribution in [-0.2, 0) is 55.8 Å². The van der Waals surface area contributed by atoms with E-state index in [2.05, 4.69) is 179 Å². The van der Waals surface area contributed by atoms with Crippen LogP contribution in [0.5, 0.6) is 0 Å². The van der Waals surface area contributed by atoms with Crippen LogP contribution in [0.15, 0.2) is 158 Å². The van der Waals surface area contributed by atoms with Crippen molar-refractivity contribution in [3.63, 3.8) is 0 Å². The Kier molecular flexibility index (Phi) is 82.8. The summed E-state index contributed by atoms with van der Waals surface area (Å²) < 4.78 is 61.4. The molecule has 0 rings (SSSR count). The quantitative estimate of drug-likeness (QED) is 0.0146. The van der Waals surface area contributed by atoms with Crippen molar-refractivity contribution in [2.45, 2.75) is 386 Å². The average molecular weight is 1620 g/mol. The lowest BCUT2D eigenvalue weighted by Gasteiger charge is -2.21. The second kappa shape index (κ2) is 86.5. The zero-order valence-corrected chi connectivity index (χ0v) is 73.0. The molecule has 0 aliphatic rings. The van der Waals surface area contributed by atoms with Crippen molar-refractivity contribution in [3.8, 4) is 0 Å². The number of aliphatic hydroxyl groups excluding tert-OH is 2. The fraction of sp³-hybridized carbons (Fsp3) is 0.695. The van der Waals surface area contributed by atoms with Gasteiger partial charge < -0.3 is 34.2 Å². The third kappa shape index (κ3) is 87.8. The molecule has 5 unspecified atom stereocenters. The molecule has 0 saturated carbocycles. The van der Waals surface area contributed by atoms with Crippen molar-refractivity contribution in [2.75, 3.05) is 39.6 Å². The Morgan fingerprint density at radius 2 is 0.469 bits per heavy atom. The lowest BCUT2D eigenvalue weighted by atomic mass is 10.0. The molecule has 113 heavy (non-hydrogen) atoms. The summed E-state index contributed by atoms with van der Waals surface area (Å²) in [6, 6.07) is 0.